The summed E-state index contributed by atoms with van der Waals surface area (Å²) in [5, 5.41) is 3.24. The maximum atomic E-state index is 11.9. The van der Waals surface area contributed by atoms with Gasteiger partial charge in [0.2, 0.25) is 0 Å². The highest BCUT2D eigenvalue weighted by Crippen LogP contribution is 2.26. The van der Waals surface area contributed by atoms with Gasteiger partial charge in [0.25, 0.3) is 0 Å². The molecule has 4 nitrogen and oxygen atoms in total. The predicted molar refractivity (Wildman–Crippen MR) is 64.4 cm³/mol. The Morgan fingerprint density at radius 1 is 1.50 bits per heavy atom. The zero-order valence-electron chi connectivity index (χ0n) is 10.9. The van der Waals surface area contributed by atoms with Crippen molar-refractivity contribution < 1.29 is 9.53 Å². The SMILES string of the molecule is CCNC(C)(CN(C)C1CC1)C(=O)OCC. The van der Waals surface area contributed by atoms with E-state index in [0.717, 1.165) is 6.54 Å². The molecule has 1 N–H and O–H groups in total. The Hall–Kier alpha value is -0.610. The molecule has 0 aromatic heterocycles. The molecule has 1 aliphatic carbocycles. The maximum absolute atomic E-state index is 11.9. The van der Waals surface area contributed by atoms with Crippen molar-refractivity contribution in [2.75, 3.05) is 26.7 Å². The highest BCUT2D eigenvalue weighted by molar-refractivity contribution is 5.80. The van der Waals surface area contributed by atoms with Crippen molar-refractivity contribution >= 4 is 5.97 Å². The summed E-state index contributed by atoms with van der Waals surface area (Å²) < 4.78 is 5.13. The standard InChI is InChI=1S/C12H24N2O2/c1-5-13-12(3,11(15)16-6-2)9-14(4)10-7-8-10/h10,13H,5-9H2,1-4H3. The number of hydrogen-bond acceptors (Lipinski definition) is 4. The molecule has 0 saturated heterocycles. The van der Waals surface area contributed by atoms with Crippen LogP contribution >= 0.6 is 0 Å². The van der Waals surface area contributed by atoms with E-state index in [9.17, 15) is 4.79 Å². The van der Waals surface area contributed by atoms with Gasteiger partial charge < -0.3 is 15.0 Å². The molecule has 0 aromatic rings. The predicted octanol–water partition coefficient (Wildman–Crippen LogP) is 1.01. The van der Waals surface area contributed by atoms with Crippen molar-refractivity contribution in [2.24, 2.45) is 0 Å². The van der Waals surface area contributed by atoms with Crippen molar-refractivity contribution in [1.82, 2.24) is 10.2 Å². The molecule has 0 amide bonds. The minimum atomic E-state index is -0.581. The summed E-state index contributed by atoms with van der Waals surface area (Å²) in [6.07, 6.45) is 2.50. The van der Waals surface area contributed by atoms with Crippen LogP contribution in [0.4, 0.5) is 0 Å². The first-order valence-electron chi connectivity index (χ1n) is 6.16. The van der Waals surface area contributed by atoms with Gasteiger partial charge in [0.15, 0.2) is 0 Å². The summed E-state index contributed by atoms with van der Waals surface area (Å²) in [4.78, 5) is 14.2. The third-order valence-electron chi connectivity index (χ3n) is 3.03. The molecule has 1 unspecified atom stereocenters. The first-order valence-corrected chi connectivity index (χ1v) is 6.16. The van der Waals surface area contributed by atoms with Crippen LogP contribution in [-0.2, 0) is 9.53 Å². The van der Waals surface area contributed by atoms with E-state index in [-0.39, 0.29) is 5.97 Å². The number of carbonyl (C=O) groups is 1. The molecule has 1 fully saturated rings. The molecule has 1 aliphatic rings. The summed E-state index contributed by atoms with van der Waals surface area (Å²) in [7, 11) is 2.08. The highest BCUT2D eigenvalue weighted by Gasteiger charge is 2.38. The van der Waals surface area contributed by atoms with Crippen LogP contribution in [0.25, 0.3) is 0 Å². The Labute approximate surface area is 98.3 Å². The van der Waals surface area contributed by atoms with Crippen LogP contribution in [0.5, 0.6) is 0 Å². The highest BCUT2D eigenvalue weighted by atomic mass is 16.5. The number of carbonyl (C=O) groups excluding carboxylic acids is 1. The molecule has 16 heavy (non-hydrogen) atoms. The van der Waals surface area contributed by atoms with Gasteiger partial charge in [-0.25, -0.2) is 0 Å². The van der Waals surface area contributed by atoms with E-state index in [0.29, 0.717) is 19.2 Å². The largest absolute Gasteiger partial charge is 0.465 e. The van der Waals surface area contributed by atoms with E-state index < -0.39 is 5.54 Å². The lowest BCUT2D eigenvalue weighted by Gasteiger charge is -2.32. The maximum Gasteiger partial charge on any atom is 0.327 e. The Morgan fingerprint density at radius 3 is 2.56 bits per heavy atom. The lowest BCUT2D eigenvalue weighted by molar-refractivity contribution is -0.151. The molecule has 1 saturated carbocycles. The van der Waals surface area contributed by atoms with Crippen molar-refractivity contribution in [2.45, 2.75) is 45.2 Å². The van der Waals surface area contributed by atoms with Gasteiger partial charge >= 0.3 is 5.97 Å². The molecule has 0 radical (unpaired) electrons. The zero-order chi connectivity index (χ0) is 12.2. The smallest absolute Gasteiger partial charge is 0.327 e. The average molecular weight is 228 g/mol. The Morgan fingerprint density at radius 2 is 2.12 bits per heavy atom. The fourth-order valence-corrected chi connectivity index (χ4v) is 2.02. The van der Waals surface area contributed by atoms with Crippen molar-refractivity contribution in [3.8, 4) is 0 Å². The van der Waals surface area contributed by atoms with E-state index in [4.69, 9.17) is 4.74 Å². The Bertz CT molecular complexity index is 241. The second-order valence-corrected chi connectivity index (χ2v) is 4.73. The second-order valence-electron chi connectivity index (χ2n) is 4.73. The first kappa shape index (κ1) is 13.5. The molecule has 0 spiro atoms. The molecular weight excluding hydrogens is 204 g/mol. The summed E-state index contributed by atoms with van der Waals surface area (Å²) in [6.45, 7) is 7.70. The molecule has 1 atom stereocenters. The van der Waals surface area contributed by atoms with Crippen LogP contribution in [0, 0.1) is 0 Å². The average Bonchev–Trinajstić information content (AvgIpc) is 3.01. The van der Waals surface area contributed by atoms with Gasteiger partial charge in [-0.3, -0.25) is 4.79 Å². The molecule has 0 bridgehead atoms. The minimum Gasteiger partial charge on any atom is -0.465 e. The number of ether oxygens (including phenoxy) is 1. The van der Waals surface area contributed by atoms with E-state index >= 15 is 0 Å². The van der Waals surface area contributed by atoms with Gasteiger partial charge in [-0.15, -0.1) is 0 Å². The zero-order valence-corrected chi connectivity index (χ0v) is 10.9. The van der Waals surface area contributed by atoms with Crippen LogP contribution in [0.15, 0.2) is 0 Å². The Kier molecular flexibility index (Phi) is 4.74. The van der Waals surface area contributed by atoms with Crippen LogP contribution in [0.2, 0.25) is 0 Å². The van der Waals surface area contributed by atoms with Gasteiger partial charge in [0.05, 0.1) is 6.61 Å². The third kappa shape index (κ3) is 3.46. The monoisotopic (exact) mass is 228 g/mol. The number of rotatable bonds is 7. The number of hydrogen-bond donors (Lipinski definition) is 1. The fourth-order valence-electron chi connectivity index (χ4n) is 2.02. The molecular formula is C12H24N2O2. The second kappa shape index (κ2) is 5.64. The van der Waals surface area contributed by atoms with Gasteiger partial charge in [-0.1, -0.05) is 6.92 Å². The Balaban J connectivity index is 2.58. The van der Waals surface area contributed by atoms with Crippen LogP contribution in [0.1, 0.15) is 33.6 Å². The lowest BCUT2D eigenvalue weighted by atomic mass is 10.0. The number of nitrogens with one attached hydrogen (secondary N) is 1. The number of esters is 1. The number of likely N-dealkylation sites (N-methyl/N-ethyl adjacent to an activating group) is 2. The molecule has 0 aromatic carbocycles. The van der Waals surface area contributed by atoms with Gasteiger partial charge in [0, 0.05) is 12.6 Å². The van der Waals surface area contributed by atoms with Crippen LogP contribution in [0.3, 0.4) is 0 Å². The van der Waals surface area contributed by atoms with Crippen molar-refractivity contribution in [3.63, 3.8) is 0 Å². The molecule has 94 valence electrons. The van der Waals surface area contributed by atoms with Crippen LogP contribution in [-0.4, -0.2) is 49.2 Å². The normalized spacial score (nSPS) is 19.6. The summed E-state index contributed by atoms with van der Waals surface area (Å²) in [5.74, 6) is -0.149. The molecule has 1 rings (SSSR count). The molecule has 0 heterocycles. The summed E-state index contributed by atoms with van der Waals surface area (Å²) >= 11 is 0. The van der Waals surface area contributed by atoms with Gasteiger partial charge in [-0.05, 0) is 40.3 Å². The van der Waals surface area contributed by atoms with Crippen molar-refractivity contribution in [3.05, 3.63) is 0 Å². The lowest BCUT2D eigenvalue weighted by Crippen LogP contribution is -2.57. The van der Waals surface area contributed by atoms with Gasteiger partial charge in [-0.2, -0.15) is 0 Å². The van der Waals surface area contributed by atoms with E-state index in [1.807, 2.05) is 20.8 Å². The quantitative estimate of drug-likeness (QED) is 0.660. The summed E-state index contributed by atoms with van der Waals surface area (Å²) in [5.41, 5.74) is -0.581. The summed E-state index contributed by atoms with van der Waals surface area (Å²) in [6, 6.07) is 0.660. The van der Waals surface area contributed by atoms with E-state index in [1.54, 1.807) is 0 Å². The fraction of sp³-hybridized carbons (Fsp3) is 0.917. The van der Waals surface area contributed by atoms with E-state index in [1.165, 1.54) is 12.8 Å². The first-order chi connectivity index (χ1) is 7.53. The van der Waals surface area contributed by atoms with Crippen LogP contribution < -0.4 is 5.32 Å². The molecule has 4 heteroatoms. The van der Waals surface area contributed by atoms with Crippen molar-refractivity contribution in [1.29, 1.82) is 0 Å². The third-order valence-corrected chi connectivity index (χ3v) is 3.03. The molecule has 0 aliphatic heterocycles. The van der Waals surface area contributed by atoms with E-state index in [2.05, 4.69) is 17.3 Å². The minimum absolute atomic E-state index is 0.149. The van der Waals surface area contributed by atoms with Gasteiger partial charge in [0.1, 0.15) is 5.54 Å². The number of nitrogens with zero attached hydrogens (tertiary/aromatic N) is 1. The topological polar surface area (TPSA) is 41.6 Å².